The van der Waals surface area contributed by atoms with Crippen molar-refractivity contribution in [1.29, 1.82) is 0 Å². The van der Waals surface area contributed by atoms with Gasteiger partial charge in [-0.05, 0) is 35.7 Å². The molecule has 3 unspecified atom stereocenters. The van der Waals surface area contributed by atoms with Crippen molar-refractivity contribution in [2.75, 3.05) is 0 Å². The molecule has 1 saturated carbocycles. The Hall–Kier alpha value is -0.780. The van der Waals surface area contributed by atoms with Crippen molar-refractivity contribution in [3.05, 3.63) is 35.4 Å². The lowest BCUT2D eigenvalue weighted by atomic mass is 9.48. The summed E-state index contributed by atoms with van der Waals surface area (Å²) in [6.07, 6.45) is 0. The van der Waals surface area contributed by atoms with Crippen molar-refractivity contribution < 1.29 is 0 Å². The highest BCUT2D eigenvalue weighted by molar-refractivity contribution is 5.30. The first-order valence-electron chi connectivity index (χ1n) is 6.01. The Morgan fingerprint density at radius 1 is 1.00 bits per heavy atom. The molecule has 82 valence electrons. The second-order valence-corrected chi connectivity index (χ2v) is 5.86. The molecular formula is C15H22. The molecule has 3 atom stereocenters. The number of hydrogen-bond acceptors (Lipinski definition) is 0. The third-order valence-corrected chi connectivity index (χ3v) is 4.73. The molecule has 1 fully saturated rings. The van der Waals surface area contributed by atoms with Gasteiger partial charge in [0.15, 0.2) is 0 Å². The molecule has 0 amide bonds. The van der Waals surface area contributed by atoms with E-state index >= 15 is 0 Å². The lowest BCUT2D eigenvalue weighted by Gasteiger charge is -2.57. The summed E-state index contributed by atoms with van der Waals surface area (Å²) in [6, 6.07) is 9.09. The van der Waals surface area contributed by atoms with E-state index in [4.69, 9.17) is 0 Å². The molecule has 0 N–H and O–H groups in total. The van der Waals surface area contributed by atoms with Gasteiger partial charge in [0.25, 0.3) is 0 Å². The third-order valence-electron chi connectivity index (χ3n) is 4.73. The largest absolute Gasteiger partial charge is 0.0617 e. The van der Waals surface area contributed by atoms with Crippen LogP contribution in [-0.2, 0) is 0 Å². The Morgan fingerprint density at radius 2 is 1.53 bits per heavy atom. The van der Waals surface area contributed by atoms with E-state index in [1.807, 2.05) is 0 Å². The second kappa shape index (κ2) is 3.37. The number of benzene rings is 1. The van der Waals surface area contributed by atoms with E-state index in [1.165, 1.54) is 11.1 Å². The molecule has 0 aliphatic heterocycles. The van der Waals surface area contributed by atoms with Crippen LogP contribution in [-0.4, -0.2) is 0 Å². The van der Waals surface area contributed by atoms with E-state index in [1.54, 1.807) is 0 Å². The molecule has 0 saturated heterocycles. The monoisotopic (exact) mass is 202 g/mol. The summed E-state index contributed by atoms with van der Waals surface area (Å²) in [7, 11) is 0. The molecule has 0 nitrogen and oxygen atoms in total. The van der Waals surface area contributed by atoms with Gasteiger partial charge in [0.1, 0.15) is 0 Å². The maximum atomic E-state index is 2.40. The van der Waals surface area contributed by atoms with Gasteiger partial charge in [0.2, 0.25) is 0 Å². The van der Waals surface area contributed by atoms with E-state index in [9.17, 15) is 0 Å². The van der Waals surface area contributed by atoms with Gasteiger partial charge >= 0.3 is 0 Å². The van der Waals surface area contributed by atoms with E-state index < -0.39 is 0 Å². The van der Waals surface area contributed by atoms with Gasteiger partial charge in [0, 0.05) is 0 Å². The Balaban J connectivity index is 2.29. The van der Waals surface area contributed by atoms with Gasteiger partial charge in [0.05, 0.1) is 0 Å². The Bertz CT molecular complexity index is 345. The van der Waals surface area contributed by atoms with Gasteiger partial charge in [-0.25, -0.2) is 0 Å². The molecule has 0 bridgehead atoms. The number of hydrogen-bond donors (Lipinski definition) is 0. The fourth-order valence-corrected chi connectivity index (χ4v) is 3.32. The van der Waals surface area contributed by atoms with Crippen molar-refractivity contribution in [3.63, 3.8) is 0 Å². The Morgan fingerprint density at radius 3 is 2.00 bits per heavy atom. The minimum Gasteiger partial charge on any atom is -0.0617 e. The molecule has 0 aromatic heterocycles. The molecule has 2 rings (SSSR count). The smallest absolute Gasteiger partial charge is 0.00795 e. The van der Waals surface area contributed by atoms with Gasteiger partial charge in [-0.15, -0.1) is 0 Å². The number of aryl methyl sites for hydroxylation is 1. The number of rotatable bonds is 1. The molecule has 0 spiro atoms. The van der Waals surface area contributed by atoms with Crippen LogP contribution >= 0.6 is 0 Å². The van der Waals surface area contributed by atoms with Crippen molar-refractivity contribution >= 4 is 0 Å². The van der Waals surface area contributed by atoms with Crippen LogP contribution in [0.2, 0.25) is 0 Å². The fraction of sp³-hybridized carbons (Fsp3) is 0.600. The summed E-state index contributed by atoms with van der Waals surface area (Å²) in [6.45, 7) is 11.7. The molecule has 0 radical (unpaired) electrons. The average Bonchev–Trinajstić information content (AvgIpc) is 2.20. The first-order chi connectivity index (χ1) is 6.94. The molecule has 0 heteroatoms. The van der Waals surface area contributed by atoms with Crippen LogP contribution in [0.3, 0.4) is 0 Å². The van der Waals surface area contributed by atoms with Crippen LogP contribution in [0.4, 0.5) is 0 Å². The highest BCUT2D eigenvalue weighted by atomic mass is 14.6. The first-order valence-corrected chi connectivity index (χ1v) is 6.01. The minimum absolute atomic E-state index is 0.467. The predicted molar refractivity (Wildman–Crippen MR) is 66.0 cm³/mol. The van der Waals surface area contributed by atoms with Crippen molar-refractivity contribution in [2.45, 2.75) is 40.5 Å². The van der Waals surface area contributed by atoms with Crippen molar-refractivity contribution in [2.24, 2.45) is 17.3 Å². The summed E-state index contributed by atoms with van der Waals surface area (Å²) in [4.78, 5) is 0. The van der Waals surface area contributed by atoms with Crippen LogP contribution in [0.15, 0.2) is 24.3 Å². The molecule has 0 heterocycles. The zero-order chi connectivity index (χ0) is 11.2. The SMILES string of the molecule is Cc1ccc(C2C(C)C(C)C2(C)C)cc1. The first kappa shape index (κ1) is 10.7. The summed E-state index contributed by atoms with van der Waals surface area (Å²) in [5.41, 5.74) is 3.35. The summed E-state index contributed by atoms with van der Waals surface area (Å²) < 4.78 is 0. The third kappa shape index (κ3) is 1.51. The molecule has 1 aliphatic rings. The Kier molecular flexibility index (Phi) is 2.41. The van der Waals surface area contributed by atoms with Crippen molar-refractivity contribution in [1.82, 2.24) is 0 Å². The topological polar surface area (TPSA) is 0 Å². The second-order valence-electron chi connectivity index (χ2n) is 5.86. The van der Waals surface area contributed by atoms with E-state index in [0.29, 0.717) is 5.41 Å². The highest BCUT2D eigenvalue weighted by Gasteiger charge is 2.51. The predicted octanol–water partition coefficient (Wildman–Crippen LogP) is 4.39. The normalized spacial score (nSPS) is 33.5. The van der Waals surface area contributed by atoms with E-state index in [0.717, 1.165) is 17.8 Å². The molecule has 15 heavy (non-hydrogen) atoms. The van der Waals surface area contributed by atoms with Gasteiger partial charge < -0.3 is 0 Å². The van der Waals surface area contributed by atoms with E-state index in [-0.39, 0.29) is 0 Å². The maximum Gasteiger partial charge on any atom is -0.00795 e. The van der Waals surface area contributed by atoms with Crippen LogP contribution in [0.1, 0.15) is 44.7 Å². The van der Waals surface area contributed by atoms with Gasteiger partial charge in [-0.2, -0.15) is 0 Å². The van der Waals surface area contributed by atoms with Gasteiger partial charge in [-0.1, -0.05) is 57.5 Å². The minimum atomic E-state index is 0.467. The van der Waals surface area contributed by atoms with Crippen LogP contribution in [0.25, 0.3) is 0 Å². The average molecular weight is 202 g/mol. The lowest BCUT2D eigenvalue weighted by molar-refractivity contribution is -0.0239. The highest BCUT2D eigenvalue weighted by Crippen LogP contribution is 2.60. The molecule has 1 aromatic carbocycles. The summed E-state index contributed by atoms with van der Waals surface area (Å²) >= 11 is 0. The zero-order valence-electron chi connectivity index (χ0n) is 10.5. The van der Waals surface area contributed by atoms with Crippen LogP contribution in [0.5, 0.6) is 0 Å². The fourth-order valence-electron chi connectivity index (χ4n) is 3.32. The van der Waals surface area contributed by atoms with Crippen molar-refractivity contribution in [3.8, 4) is 0 Å². The standard InChI is InChI=1S/C15H22/c1-10-6-8-13(9-7-10)14-11(2)12(3)15(14,4)5/h6-9,11-12,14H,1-5H3. The van der Waals surface area contributed by atoms with Crippen LogP contribution < -0.4 is 0 Å². The quantitative estimate of drug-likeness (QED) is 0.633. The van der Waals surface area contributed by atoms with Gasteiger partial charge in [-0.3, -0.25) is 0 Å². The van der Waals surface area contributed by atoms with E-state index in [2.05, 4.69) is 58.9 Å². The summed E-state index contributed by atoms with van der Waals surface area (Å²) in [5.74, 6) is 2.40. The zero-order valence-corrected chi connectivity index (χ0v) is 10.5. The van der Waals surface area contributed by atoms with Crippen LogP contribution in [0, 0.1) is 24.2 Å². The molecule has 1 aromatic rings. The Labute approximate surface area is 93.7 Å². The maximum absolute atomic E-state index is 2.40. The lowest BCUT2D eigenvalue weighted by Crippen LogP contribution is -2.48. The summed E-state index contributed by atoms with van der Waals surface area (Å²) in [5, 5.41) is 0. The molecule has 1 aliphatic carbocycles. The molecular weight excluding hydrogens is 180 g/mol.